The maximum atomic E-state index is 12.9. The normalized spacial score (nSPS) is 14.3. The van der Waals surface area contributed by atoms with Crippen LogP contribution in [0.5, 0.6) is 0 Å². The second-order valence-electron chi connectivity index (χ2n) is 6.62. The van der Waals surface area contributed by atoms with Gasteiger partial charge in [-0.2, -0.15) is 0 Å². The Bertz CT molecular complexity index is 997. The van der Waals surface area contributed by atoms with E-state index in [9.17, 15) is 14.9 Å². The standard InChI is InChI=1S/C22H16ClNO3/c23-20-12-6-5-7-14(20)19(13-24(26)27)21-15-8-1-3-10-17(15)22(25)18-11-4-2-9-16(18)21/h1-12,19,21H,13H2. The van der Waals surface area contributed by atoms with Crippen LogP contribution in [0.3, 0.4) is 0 Å². The summed E-state index contributed by atoms with van der Waals surface area (Å²) >= 11 is 6.41. The summed E-state index contributed by atoms with van der Waals surface area (Å²) in [6.07, 6.45) is 0. The number of hydrogen-bond donors (Lipinski definition) is 0. The molecule has 134 valence electrons. The van der Waals surface area contributed by atoms with Crippen molar-refractivity contribution in [3.63, 3.8) is 0 Å². The quantitative estimate of drug-likeness (QED) is 0.470. The molecule has 0 spiro atoms. The fourth-order valence-electron chi connectivity index (χ4n) is 4.02. The molecule has 1 aliphatic carbocycles. The molecule has 0 heterocycles. The van der Waals surface area contributed by atoms with E-state index < -0.39 is 5.92 Å². The van der Waals surface area contributed by atoms with Crippen LogP contribution in [0.25, 0.3) is 0 Å². The van der Waals surface area contributed by atoms with Crippen molar-refractivity contribution in [1.82, 2.24) is 0 Å². The molecule has 27 heavy (non-hydrogen) atoms. The summed E-state index contributed by atoms with van der Waals surface area (Å²) in [6.45, 7) is -0.273. The SMILES string of the molecule is O=C1c2ccccc2C(C(C[N+](=O)[O-])c2ccccc2Cl)c2ccccc21. The largest absolute Gasteiger partial charge is 0.289 e. The molecule has 0 aliphatic heterocycles. The van der Waals surface area contributed by atoms with Gasteiger partial charge in [0.25, 0.3) is 0 Å². The molecule has 0 amide bonds. The Morgan fingerprint density at radius 3 is 1.96 bits per heavy atom. The molecule has 0 fully saturated rings. The highest BCUT2D eigenvalue weighted by atomic mass is 35.5. The van der Waals surface area contributed by atoms with E-state index in [1.165, 1.54) is 0 Å². The number of hydrogen-bond acceptors (Lipinski definition) is 3. The van der Waals surface area contributed by atoms with Crippen molar-refractivity contribution in [2.75, 3.05) is 6.54 Å². The van der Waals surface area contributed by atoms with E-state index in [1.807, 2.05) is 48.5 Å². The third kappa shape index (κ3) is 3.02. The molecule has 1 aliphatic rings. The van der Waals surface area contributed by atoms with Crippen LogP contribution >= 0.6 is 11.6 Å². The molecule has 1 atom stereocenters. The van der Waals surface area contributed by atoms with Crippen molar-refractivity contribution in [2.45, 2.75) is 11.8 Å². The lowest BCUT2D eigenvalue weighted by Crippen LogP contribution is -2.27. The Morgan fingerprint density at radius 2 is 1.41 bits per heavy atom. The fourth-order valence-corrected chi connectivity index (χ4v) is 4.29. The van der Waals surface area contributed by atoms with Crippen molar-refractivity contribution in [3.05, 3.63) is 116 Å². The summed E-state index contributed by atoms with van der Waals surface area (Å²) in [5, 5.41) is 12.0. The lowest BCUT2D eigenvalue weighted by atomic mass is 9.70. The average molecular weight is 378 g/mol. The van der Waals surface area contributed by atoms with Gasteiger partial charge in [0.2, 0.25) is 6.54 Å². The first-order valence-electron chi connectivity index (χ1n) is 8.66. The van der Waals surface area contributed by atoms with Gasteiger partial charge >= 0.3 is 0 Å². The third-order valence-electron chi connectivity index (χ3n) is 5.13. The smallest absolute Gasteiger partial charge is 0.211 e. The number of ketones is 1. The molecule has 3 aromatic carbocycles. The minimum Gasteiger partial charge on any atom is -0.289 e. The van der Waals surface area contributed by atoms with Crippen LogP contribution in [0.1, 0.15) is 44.4 Å². The first kappa shape index (κ1) is 17.4. The van der Waals surface area contributed by atoms with Crippen LogP contribution in [0.4, 0.5) is 0 Å². The summed E-state index contributed by atoms with van der Waals surface area (Å²) < 4.78 is 0. The van der Waals surface area contributed by atoms with Gasteiger partial charge in [0.05, 0.1) is 5.92 Å². The number of carbonyl (C=O) groups is 1. The summed E-state index contributed by atoms with van der Waals surface area (Å²) in [5.74, 6) is -0.846. The van der Waals surface area contributed by atoms with E-state index in [-0.39, 0.29) is 23.2 Å². The van der Waals surface area contributed by atoms with Gasteiger partial charge in [0.15, 0.2) is 5.78 Å². The van der Waals surface area contributed by atoms with E-state index in [1.54, 1.807) is 24.3 Å². The molecule has 4 rings (SSSR count). The highest BCUT2D eigenvalue weighted by Crippen LogP contribution is 2.46. The van der Waals surface area contributed by atoms with Crippen LogP contribution in [-0.2, 0) is 0 Å². The highest BCUT2D eigenvalue weighted by molar-refractivity contribution is 6.31. The van der Waals surface area contributed by atoms with Crippen LogP contribution in [-0.4, -0.2) is 17.3 Å². The first-order valence-corrected chi connectivity index (χ1v) is 9.04. The summed E-state index contributed by atoms with van der Waals surface area (Å²) in [6, 6.07) is 21.9. The Balaban J connectivity index is 1.98. The van der Waals surface area contributed by atoms with Crippen molar-refractivity contribution in [1.29, 1.82) is 0 Å². The maximum Gasteiger partial charge on any atom is 0.211 e. The second kappa shape index (κ2) is 6.97. The molecular weight excluding hydrogens is 362 g/mol. The summed E-state index contributed by atoms with van der Waals surface area (Å²) in [4.78, 5) is 24.2. The van der Waals surface area contributed by atoms with Gasteiger partial charge in [0, 0.05) is 27.0 Å². The number of nitrogens with zero attached hydrogens (tertiary/aromatic N) is 1. The van der Waals surface area contributed by atoms with Gasteiger partial charge in [-0.1, -0.05) is 78.3 Å². The Morgan fingerprint density at radius 1 is 0.889 bits per heavy atom. The summed E-state index contributed by atoms with van der Waals surface area (Å²) in [7, 11) is 0. The van der Waals surface area contributed by atoms with Gasteiger partial charge in [-0.3, -0.25) is 14.9 Å². The van der Waals surface area contributed by atoms with Crippen LogP contribution in [0.2, 0.25) is 5.02 Å². The molecule has 5 heteroatoms. The maximum absolute atomic E-state index is 12.9. The van der Waals surface area contributed by atoms with Crippen LogP contribution in [0.15, 0.2) is 72.8 Å². The van der Waals surface area contributed by atoms with E-state index in [0.717, 1.165) is 16.7 Å². The number of benzene rings is 3. The number of rotatable bonds is 4. The average Bonchev–Trinajstić information content (AvgIpc) is 2.68. The zero-order valence-corrected chi connectivity index (χ0v) is 15.1. The number of fused-ring (bicyclic) bond motifs is 2. The topological polar surface area (TPSA) is 60.2 Å². The van der Waals surface area contributed by atoms with Crippen LogP contribution in [0, 0.1) is 10.1 Å². The molecule has 4 nitrogen and oxygen atoms in total. The molecular formula is C22H16ClNO3. The van der Waals surface area contributed by atoms with Gasteiger partial charge in [-0.05, 0) is 22.8 Å². The number of nitro groups is 1. The lowest BCUT2D eigenvalue weighted by molar-refractivity contribution is -0.483. The molecule has 3 aromatic rings. The molecule has 0 N–H and O–H groups in total. The van der Waals surface area contributed by atoms with Crippen molar-refractivity contribution in [3.8, 4) is 0 Å². The summed E-state index contributed by atoms with van der Waals surface area (Å²) in [5.41, 5.74) is 3.55. The zero-order valence-electron chi connectivity index (χ0n) is 14.3. The van der Waals surface area contributed by atoms with Gasteiger partial charge in [-0.15, -0.1) is 0 Å². The Hall–Kier alpha value is -2.98. The molecule has 0 aromatic heterocycles. The Kier molecular flexibility index (Phi) is 4.50. The number of carbonyl (C=O) groups excluding carboxylic acids is 1. The van der Waals surface area contributed by atoms with E-state index in [2.05, 4.69) is 0 Å². The minimum atomic E-state index is -0.482. The highest BCUT2D eigenvalue weighted by Gasteiger charge is 2.39. The molecule has 0 radical (unpaired) electrons. The van der Waals surface area contributed by atoms with E-state index >= 15 is 0 Å². The molecule has 0 bridgehead atoms. The number of halogens is 1. The van der Waals surface area contributed by atoms with E-state index in [4.69, 9.17) is 11.6 Å². The van der Waals surface area contributed by atoms with Gasteiger partial charge < -0.3 is 0 Å². The monoisotopic (exact) mass is 377 g/mol. The second-order valence-corrected chi connectivity index (χ2v) is 7.03. The predicted octanol–water partition coefficient (Wildman–Crippen LogP) is 5.08. The van der Waals surface area contributed by atoms with Gasteiger partial charge in [0.1, 0.15) is 0 Å². The van der Waals surface area contributed by atoms with Crippen molar-refractivity contribution in [2.24, 2.45) is 0 Å². The Labute approximate surface area is 161 Å². The van der Waals surface area contributed by atoms with E-state index in [0.29, 0.717) is 16.1 Å². The minimum absolute atomic E-state index is 0.0449. The lowest BCUT2D eigenvalue weighted by Gasteiger charge is -2.32. The van der Waals surface area contributed by atoms with Crippen molar-refractivity contribution < 1.29 is 9.72 Å². The molecule has 0 saturated carbocycles. The van der Waals surface area contributed by atoms with Crippen LogP contribution < -0.4 is 0 Å². The fraction of sp³-hybridized carbons (Fsp3) is 0.136. The molecule has 1 unspecified atom stereocenters. The predicted molar refractivity (Wildman–Crippen MR) is 104 cm³/mol. The zero-order chi connectivity index (χ0) is 19.0. The first-order chi connectivity index (χ1) is 13.1. The third-order valence-corrected chi connectivity index (χ3v) is 5.48. The molecule has 0 saturated heterocycles. The van der Waals surface area contributed by atoms with Crippen molar-refractivity contribution >= 4 is 17.4 Å². The van der Waals surface area contributed by atoms with Gasteiger partial charge in [-0.25, -0.2) is 0 Å².